The standard InChI is InChI=1S/C14H22O/c1-14(2)10-12(14)13(15)11-8-6-4-3-5-7-9-11/h8,12H,3-7,9-10H2,1-2H3. The molecule has 1 unspecified atom stereocenters. The van der Waals surface area contributed by atoms with Gasteiger partial charge in [-0.15, -0.1) is 0 Å². The van der Waals surface area contributed by atoms with E-state index >= 15 is 0 Å². The third-order valence-electron chi connectivity index (χ3n) is 3.94. The number of rotatable bonds is 2. The summed E-state index contributed by atoms with van der Waals surface area (Å²) in [4.78, 5) is 12.2. The number of hydrogen-bond donors (Lipinski definition) is 0. The molecule has 15 heavy (non-hydrogen) atoms. The molecule has 1 saturated carbocycles. The summed E-state index contributed by atoms with van der Waals surface area (Å²) in [5, 5.41) is 0. The summed E-state index contributed by atoms with van der Waals surface area (Å²) in [7, 11) is 0. The Hall–Kier alpha value is -0.590. The average molecular weight is 206 g/mol. The molecule has 2 aliphatic rings. The van der Waals surface area contributed by atoms with Crippen molar-refractivity contribution in [2.45, 2.75) is 58.8 Å². The molecule has 0 saturated heterocycles. The van der Waals surface area contributed by atoms with Gasteiger partial charge in [0.25, 0.3) is 0 Å². The number of ketones is 1. The summed E-state index contributed by atoms with van der Waals surface area (Å²) in [6, 6.07) is 0. The minimum absolute atomic E-state index is 0.292. The topological polar surface area (TPSA) is 17.1 Å². The first-order chi connectivity index (χ1) is 7.11. The van der Waals surface area contributed by atoms with Gasteiger partial charge in [0.2, 0.25) is 0 Å². The van der Waals surface area contributed by atoms with Crippen LogP contribution in [0.4, 0.5) is 0 Å². The molecule has 0 aromatic carbocycles. The number of hydrogen-bond acceptors (Lipinski definition) is 1. The van der Waals surface area contributed by atoms with Crippen molar-refractivity contribution >= 4 is 5.78 Å². The zero-order valence-electron chi connectivity index (χ0n) is 10.0. The maximum atomic E-state index is 12.2. The van der Waals surface area contributed by atoms with Crippen LogP contribution in [-0.2, 0) is 4.79 Å². The molecule has 0 amide bonds. The summed E-state index contributed by atoms with van der Waals surface area (Å²) in [5.74, 6) is 0.796. The minimum atomic E-state index is 0.292. The normalized spacial score (nSPS) is 30.0. The van der Waals surface area contributed by atoms with E-state index < -0.39 is 0 Å². The molecule has 0 spiro atoms. The van der Waals surface area contributed by atoms with Crippen molar-refractivity contribution in [2.24, 2.45) is 11.3 Å². The zero-order chi connectivity index (χ0) is 10.9. The molecule has 0 radical (unpaired) electrons. The molecule has 84 valence electrons. The van der Waals surface area contributed by atoms with Crippen molar-refractivity contribution in [3.63, 3.8) is 0 Å². The Bertz CT molecular complexity index is 286. The van der Waals surface area contributed by atoms with Gasteiger partial charge < -0.3 is 0 Å². The molecule has 0 aliphatic heterocycles. The molecule has 1 nitrogen and oxygen atoms in total. The molecule has 0 N–H and O–H groups in total. The second kappa shape index (κ2) is 4.11. The van der Waals surface area contributed by atoms with Crippen molar-refractivity contribution in [3.8, 4) is 0 Å². The first-order valence-electron chi connectivity index (χ1n) is 6.34. The van der Waals surface area contributed by atoms with Gasteiger partial charge in [0.05, 0.1) is 0 Å². The fraction of sp³-hybridized carbons (Fsp3) is 0.786. The molecule has 0 bridgehead atoms. The summed E-state index contributed by atoms with van der Waals surface area (Å²) in [6.45, 7) is 4.41. The minimum Gasteiger partial charge on any atom is -0.294 e. The molecular formula is C14H22O. The number of Topliss-reactive ketones (excluding diaryl/α,β-unsaturated/α-hetero) is 1. The van der Waals surface area contributed by atoms with Crippen LogP contribution in [-0.4, -0.2) is 5.78 Å². The highest BCUT2D eigenvalue weighted by Gasteiger charge is 2.50. The number of carbonyl (C=O) groups excluding carboxylic acids is 1. The van der Waals surface area contributed by atoms with E-state index in [-0.39, 0.29) is 0 Å². The average Bonchev–Trinajstić information content (AvgIpc) is 2.73. The monoisotopic (exact) mass is 206 g/mol. The zero-order valence-corrected chi connectivity index (χ0v) is 10.0. The van der Waals surface area contributed by atoms with Gasteiger partial charge in [-0.25, -0.2) is 0 Å². The molecule has 0 aromatic heterocycles. The lowest BCUT2D eigenvalue weighted by Crippen LogP contribution is -2.10. The van der Waals surface area contributed by atoms with Crippen molar-refractivity contribution in [1.82, 2.24) is 0 Å². The Morgan fingerprint density at radius 2 is 1.93 bits per heavy atom. The van der Waals surface area contributed by atoms with E-state index in [0.717, 1.165) is 24.8 Å². The van der Waals surface area contributed by atoms with Crippen LogP contribution in [0.15, 0.2) is 11.6 Å². The van der Waals surface area contributed by atoms with Crippen LogP contribution in [0.5, 0.6) is 0 Å². The highest BCUT2D eigenvalue weighted by Crippen LogP contribution is 2.53. The van der Waals surface area contributed by atoms with Gasteiger partial charge >= 0.3 is 0 Å². The molecule has 0 heterocycles. The Kier molecular flexibility index (Phi) is 2.99. The molecule has 0 aromatic rings. The van der Waals surface area contributed by atoms with E-state index in [1.165, 1.54) is 25.7 Å². The van der Waals surface area contributed by atoms with E-state index in [9.17, 15) is 4.79 Å². The Morgan fingerprint density at radius 3 is 2.60 bits per heavy atom. The lowest BCUT2D eigenvalue weighted by atomic mass is 9.93. The van der Waals surface area contributed by atoms with Crippen LogP contribution in [0.3, 0.4) is 0 Å². The van der Waals surface area contributed by atoms with Gasteiger partial charge in [0, 0.05) is 5.92 Å². The van der Waals surface area contributed by atoms with E-state index in [4.69, 9.17) is 0 Å². The van der Waals surface area contributed by atoms with Crippen LogP contribution in [0.25, 0.3) is 0 Å². The fourth-order valence-corrected chi connectivity index (χ4v) is 2.55. The van der Waals surface area contributed by atoms with Gasteiger partial charge in [0.1, 0.15) is 0 Å². The van der Waals surface area contributed by atoms with E-state index in [1.54, 1.807) is 0 Å². The van der Waals surface area contributed by atoms with E-state index in [1.807, 2.05) is 0 Å². The van der Waals surface area contributed by atoms with Crippen molar-refractivity contribution in [1.29, 1.82) is 0 Å². The van der Waals surface area contributed by atoms with Crippen molar-refractivity contribution in [2.75, 3.05) is 0 Å². The van der Waals surface area contributed by atoms with Crippen LogP contribution >= 0.6 is 0 Å². The Labute approximate surface area is 92.9 Å². The maximum absolute atomic E-state index is 12.2. The SMILES string of the molecule is CC1(C)CC1C(=O)C1=CCCCCCC1. The molecule has 2 rings (SSSR count). The van der Waals surface area contributed by atoms with Gasteiger partial charge in [0.15, 0.2) is 5.78 Å². The van der Waals surface area contributed by atoms with Crippen LogP contribution in [0.2, 0.25) is 0 Å². The molecule has 1 heteroatoms. The van der Waals surface area contributed by atoms with Gasteiger partial charge in [-0.2, -0.15) is 0 Å². The largest absolute Gasteiger partial charge is 0.294 e. The van der Waals surface area contributed by atoms with Crippen molar-refractivity contribution < 1.29 is 4.79 Å². The second-order valence-electron chi connectivity index (χ2n) is 5.79. The van der Waals surface area contributed by atoms with Crippen molar-refractivity contribution in [3.05, 3.63) is 11.6 Å². The highest BCUT2D eigenvalue weighted by atomic mass is 16.1. The summed E-state index contributed by atoms with van der Waals surface area (Å²) >= 11 is 0. The predicted molar refractivity (Wildman–Crippen MR) is 62.7 cm³/mol. The number of carbonyl (C=O) groups is 1. The number of allylic oxidation sites excluding steroid dienone is 2. The molecule has 1 fully saturated rings. The summed E-state index contributed by atoms with van der Waals surface area (Å²) in [5.41, 5.74) is 1.44. The predicted octanol–water partition coefficient (Wildman–Crippen LogP) is 3.88. The summed E-state index contributed by atoms with van der Waals surface area (Å²) in [6.07, 6.45) is 10.6. The third-order valence-corrected chi connectivity index (χ3v) is 3.94. The summed E-state index contributed by atoms with van der Waals surface area (Å²) < 4.78 is 0. The molecule has 2 aliphatic carbocycles. The Balaban J connectivity index is 1.99. The quantitative estimate of drug-likeness (QED) is 0.670. The van der Waals surface area contributed by atoms with E-state index in [2.05, 4.69) is 19.9 Å². The second-order valence-corrected chi connectivity index (χ2v) is 5.79. The van der Waals surface area contributed by atoms with Gasteiger partial charge in [-0.1, -0.05) is 32.8 Å². The van der Waals surface area contributed by atoms with Crippen LogP contribution in [0, 0.1) is 11.3 Å². The van der Waals surface area contributed by atoms with Crippen LogP contribution < -0.4 is 0 Å². The molecule has 1 atom stereocenters. The third kappa shape index (κ3) is 2.50. The lowest BCUT2D eigenvalue weighted by molar-refractivity contribution is -0.117. The molecular weight excluding hydrogens is 184 g/mol. The maximum Gasteiger partial charge on any atom is 0.162 e. The lowest BCUT2D eigenvalue weighted by Gasteiger charge is -2.11. The van der Waals surface area contributed by atoms with E-state index in [0.29, 0.717) is 17.1 Å². The Morgan fingerprint density at radius 1 is 1.27 bits per heavy atom. The smallest absolute Gasteiger partial charge is 0.162 e. The van der Waals surface area contributed by atoms with Crippen LogP contribution in [0.1, 0.15) is 58.8 Å². The van der Waals surface area contributed by atoms with Gasteiger partial charge in [-0.05, 0) is 43.1 Å². The first-order valence-corrected chi connectivity index (χ1v) is 6.34. The van der Waals surface area contributed by atoms with Gasteiger partial charge in [-0.3, -0.25) is 4.79 Å². The fourth-order valence-electron chi connectivity index (χ4n) is 2.55. The highest BCUT2D eigenvalue weighted by molar-refractivity contribution is 5.99. The first kappa shape index (κ1) is 10.9.